The first-order valence-corrected chi connectivity index (χ1v) is 29.4. The molecule has 2 bridgehead atoms. The molecule has 3 aliphatic rings. The normalized spacial score (nSPS) is 21.9. The zero-order valence-electron chi connectivity index (χ0n) is 42.6. The van der Waals surface area contributed by atoms with Crippen molar-refractivity contribution in [3.63, 3.8) is 0 Å². The standard InChI is InChI=1S/C53H76F4N6O2Si2/c1-15-53(29-62(14)22-20-44(53)50(56)57)30-64-52-60-49-43(51(61-52)63-27-38-17-18-39(28-63)59-38)26-58-48(47(49)55)42-25-40(65-67(34(8)9,35(10)11)36(12)13)24-37-16-19-45(54)41(46(37)42)21-23-66(31(2)3,32(4)5)33(6)7/h16,19,24-26,31-36,38-39,44,50,59H,15,17-18,20,22,27-30H2,1-14H3/t38-,39+,44-,53+/m1/s1. The highest BCUT2D eigenvalue weighted by Crippen LogP contribution is 2.47. The van der Waals surface area contributed by atoms with E-state index in [1.807, 2.05) is 26.1 Å². The summed E-state index contributed by atoms with van der Waals surface area (Å²) in [6.45, 7) is 30.9. The number of pyridine rings is 1. The average molecular weight is 961 g/mol. The Morgan fingerprint density at radius 3 is 2.04 bits per heavy atom. The maximum Gasteiger partial charge on any atom is 0.319 e. The van der Waals surface area contributed by atoms with Gasteiger partial charge in [0.25, 0.3) is 8.32 Å². The molecule has 0 radical (unpaired) electrons. The van der Waals surface area contributed by atoms with E-state index in [2.05, 4.69) is 110 Å². The molecular formula is C53H76F4N6O2Si2. The van der Waals surface area contributed by atoms with E-state index in [1.165, 1.54) is 6.07 Å². The first kappa shape index (κ1) is 51.1. The van der Waals surface area contributed by atoms with E-state index >= 15 is 8.78 Å². The first-order valence-electron chi connectivity index (χ1n) is 25.1. The first-order chi connectivity index (χ1) is 31.6. The van der Waals surface area contributed by atoms with E-state index in [9.17, 15) is 8.78 Å². The summed E-state index contributed by atoms with van der Waals surface area (Å²) in [4.78, 5) is 18.9. The summed E-state index contributed by atoms with van der Waals surface area (Å²) in [5, 5.41) is 5.22. The van der Waals surface area contributed by atoms with Gasteiger partial charge in [0.2, 0.25) is 6.43 Å². The minimum absolute atomic E-state index is 0.00257. The van der Waals surface area contributed by atoms with Gasteiger partial charge in [-0.05, 0) is 96.1 Å². The topological polar surface area (TPSA) is 75.6 Å². The highest BCUT2D eigenvalue weighted by atomic mass is 28.4. The van der Waals surface area contributed by atoms with Gasteiger partial charge in [-0.25, -0.2) is 17.6 Å². The van der Waals surface area contributed by atoms with Crippen molar-refractivity contribution in [2.24, 2.45) is 11.3 Å². The van der Waals surface area contributed by atoms with Crippen molar-refractivity contribution in [1.82, 2.24) is 25.2 Å². The molecule has 0 saturated carbocycles. The number of nitrogens with one attached hydrogen (secondary N) is 1. The van der Waals surface area contributed by atoms with Crippen LogP contribution in [0, 0.1) is 34.4 Å². The molecule has 0 spiro atoms. The number of anilines is 1. The fourth-order valence-corrected chi connectivity index (χ4v) is 23.5. The van der Waals surface area contributed by atoms with E-state index in [1.54, 1.807) is 12.3 Å². The third-order valence-corrected chi connectivity index (χ3v) is 28.7. The van der Waals surface area contributed by atoms with Crippen molar-refractivity contribution < 1.29 is 26.7 Å². The summed E-state index contributed by atoms with van der Waals surface area (Å²) >= 11 is 0. The molecule has 8 nitrogen and oxygen atoms in total. The summed E-state index contributed by atoms with van der Waals surface area (Å²) in [5.74, 6) is 2.41. The van der Waals surface area contributed by atoms with Gasteiger partial charge >= 0.3 is 6.01 Å². The van der Waals surface area contributed by atoms with E-state index in [0.717, 1.165) is 12.8 Å². The average Bonchev–Trinajstić information content (AvgIpc) is 3.60. The number of rotatable bonds is 15. The van der Waals surface area contributed by atoms with E-state index < -0.39 is 45.8 Å². The van der Waals surface area contributed by atoms with Crippen LogP contribution in [-0.4, -0.2) is 94.6 Å². The Morgan fingerprint density at radius 1 is 0.851 bits per heavy atom. The van der Waals surface area contributed by atoms with E-state index in [4.69, 9.17) is 24.1 Å². The molecule has 0 unspecified atom stereocenters. The van der Waals surface area contributed by atoms with Crippen LogP contribution < -0.4 is 19.4 Å². The van der Waals surface area contributed by atoms with Crippen molar-refractivity contribution in [2.45, 2.75) is 167 Å². The lowest BCUT2D eigenvalue weighted by Gasteiger charge is -2.46. The molecule has 4 atom stereocenters. The number of halogens is 4. The SMILES string of the molecule is CC[C@@]1(COc2nc(N3C[C@H]4CC[C@@H](C3)N4)c3cnc(-c4cc(O[Si](C(C)C)(C(C)C)C(C)C)cc5ccc(F)c(C#C[Si](C(C)C)(C(C)C)C(C)C)c45)c(F)c3n2)CN(C)CC[C@@H]1C(F)F. The quantitative estimate of drug-likeness (QED) is 0.0717. The number of piperazine rings is 1. The summed E-state index contributed by atoms with van der Waals surface area (Å²) in [5.41, 5.74) is 5.10. The fourth-order valence-electron chi connectivity index (χ4n) is 13.1. The van der Waals surface area contributed by atoms with Crippen LogP contribution in [0.4, 0.5) is 23.4 Å². The van der Waals surface area contributed by atoms with Crippen LogP contribution in [0.1, 0.15) is 121 Å². The number of hydrogen-bond donors (Lipinski definition) is 1. The van der Waals surface area contributed by atoms with Crippen LogP contribution in [0.3, 0.4) is 0 Å². The highest BCUT2D eigenvalue weighted by molar-refractivity contribution is 6.90. The van der Waals surface area contributed by atoms with E-state index in [-0.39, 0.29) is 58.1 Å². The Kier molecular flexibility index (Phi) is 15.2. The fraction of sp³-hybridized carbons (Fsp3) is 0.642. The van der Waals surface area contributed by atoms with Crippen molar-refractivity contribution in [3.8, 4) is 34.5 Å². The molecule has 3 fully saturated rings. The second-order valence-electron chi connectivity index (χ2n) is 22.1. The van der Waals surface area contributed by atoms with Gasteiger partial charge in [-0.1, -0.05) is 102 Å². The number of benzene rings is 2. The molecule has 0 amide bonds. The van der Waals surface area contributed by atoms with Crippen LogP contribution in [0.25, 0.3) is 32.9 Å². The molecular weight excluding hydrogens is 885 g/mol. The predicted molar refractivity (Wildman–Crippen MR) is 272 cm³/mol. The van der Waals surface area contributed by atoms with Crippen LogP contribution >= 0.6 is 0 Å². The Hall–Kier alpha value is -3.78. The number of alkyl halides is 2. The zero-order chi connectivity index (χ0) is 48.9. The minimum atomic E-state index is -2.54. The number of ether oxygens (including phenoxy) is 1. The zero-order valence-corrected chi connectivity index (χ0v) is 44.6. The summed E-state index contributed by atoms with van der Waals surface area (Å²) < 4.78 is 78.1. The summed E-state index contributed by atoms with van der Waals surface area (Å²) in [7, 11) is -2.94. The van der Waals surface area contributed by atoms with Crippen molar-refractivity contribution in [2.75, 3.05) is 44.7 Å². The maximum absolute atomic E-state index is 18.2. The Bertz CT molecular complexity index is 2440. The molecule has 366 valence electrons. The largest absolute Gasteiger partial charge is 0.543 e. The van der Waals surface area contributed by atoms with Crippen LogP contribution in [0.5, 0.6) is 11.8 Å². The van der Waals surface area contributed by atoms with Gasteiger partial charge in [-0.15, -0.1) is 5.54 Å². The highest BCUT2D eigenvalue weighted by Gasteiger charge is 2.49. The minimum Gasteiger partial charge on any atom is -0.543 e. The summed E-state index contributed by atoms with van der Waals surface area (Å²) in [6.07, 6.45) is 1.95. The molecule has 2 aromatic carbocycles. The number of likely N-dealkylation sites (tertiary alicyclic amines) is 1. The lowest BCUT2D eigenvalue weighted by Crippen LogP contribution is -2.52. The Morgan fingerprint density at radius 2 is 1.48 bits per heavy atom. The molecule has 2 aromatic heterocycles. The van der Waals surface area contributed by atoms with E-state index in [0.29, 0.717) is 88.9 Å². The molecule has 7 rings (SSSR count). The van der Waals surface area contributed by atoms with Crippen molar-refractivity contribution in [3.05, 3.63) is 47.7 Å². The molecule has 1 N–H and O–H groups in total. The smallest absolute Gasteiger partial charge is 0.319 e. The van der Waals surface area contributed by atoms with Gasteiger partial charge < -0.3 is 24.3 Å². The number of aromatic nitrogens is 3. The molecule has 14 heteroatoms. The lowest BCUT2D eigenvalue weighted by atomic mass is 9.69. The van der Waals surface area contributed by atoms with Crippen molar-refractivity contribution in [1.29, 1.82) is 0 Å². The number of fused-ring (bicyclic) bond motifs is 4. The third-order valence-electron chi connectivity index (χ3n) is 16.4. The molecule has 0 aliphatic carbocycles. The molecule has 67 heavy (non-hydrogen) atoms. The van der Waals surface area contributed by atoms with Gasteiger partial charge in [0, 0.05) is 60.2 Å². The molecule has 5 heterocycles. The van der Waals surface area contributed by atoms with Gasteiger partial charge in [0.15, 0.2) is 5.82 Å². The van der Waals surface area contributed by atoms with Gasteiger partial charge in [-0.2, -0.15) is 9.97 Å². The molecule has 4 aromatic rings. The number of hydrogen-bond acceptors (Lipinski definition) is 8. The Balaban J connectivity index is 1.49. The second kappa shape index (κ2) is 19.9. The molecule has 3 aliphatic heterocycles. The number of piperidine rings is 1. The van der Waals surface area contributed by atoms with Crippen LogP contribution in [0.15, 0.2) is 30.5 Å². The monoisotopic (exact) mass is 961 g/mol. The van der Waals surface area contributed by atoms with Gasteiger partial charge in [0.05, 0.1) is 17.6 Å². The van der Waals surface area contributed by atoms with Gasteiger partial charge in [-0.3, -0.25) is 4.98 Å². The Labute approximate surface area is 399 Å². The van der Waals surface area contributed by atoms with Crippen molar-refractivity contribution >= 4 is 43.9 Å². The summed E-state index contributed by atoms with van der Waals surface area (Å²) in [6, 6.07) is 7.39. The third kappa shape index (κ3) is 9.37. The lowest BCUT2D eigenvalue weighted by molar-refractivity contribution is -0.0798. The van der Waals surface area contributed by atoms with Gasteiger partial charge in [0.1, 0.15) is 36.7 Å². The number of nitrogens with zero attached hydrogens (tertiary/aromatic N) is 5. The second-order valence-corrected chi connectivity index (χ2v) is 33.0. The molecule has 3 saturated heterocycles. The predicted octanol–water partition coefficient (Wildman–Crippen LogP) is 13.2. The van der Waals surface area contributed by atoms with Crippen LogP contribution in [-0.2, 0) is 0 Å². The maximum atomic E-state index is 18.2. The van der Waals surface area contributed by atoms with Crippen LogP contribution in [0.2, 0.25) is 33.2 Å².